The molecule has 1 heterocycles. The summed E-state index contributed by atoms with van der Waals surface area (Å²) in [5.41, 5.74) is -0.292. The van der Waals surface area contributed by atoms with Gasteiger partial charge in [-0.05, 0) is 37.1 Å². The Morgan fingerprint density at radius 1 is 1.12 bits per heavy atom. The van der Waals surface area contributed by atoms with Crippen molar-refractivity contribution < 1.29 is 18.0 Å². The zero-order valence-corrected chi connectivity index (χ0v) is 12.7. The van der Waals surface area contributed by atoms with Crippen LogP contribution in [0.1, 0.15) is 24.8 Å². The Labute approximate surface area is 137 Å². The summed E-state index contributed by atoms with van der Waals surface area (Å²) in [4.78, 5) is 15.9. The molecule has 1 aliphatic rings. The van der Waals surface area contributed by atoms with Crippen molar-refractivity contribution in [3.05, 3.63) is 48.2 Å². The fourth-order valence-electron chi connectivity index (χ4n) is 2.43. The van der Waals surface area contributed by atoms with Crippen LogP contribution in [0.4, 0.5) is 30.4 Å². The van der Waals surface area contributed by atoms with Gasteiger partial charge < -0.3 is 10.6 Å². The predicted octanol–water partition coefficient (Wildman–Crippen LogP) is 4.58. The lowest BCUT2D eigenvalue weighted by molar-refractivity contribution is -0.137. The summed E-state index contributed by atoms with van der Waals surface area (Å²) in [7, 11) is 0. The van der Waals surface area contributed by atoms with E-state index in [0.29, 0.717) is 5.69 Å². The van der Waals surface area contributed by atoms with Gasteiger partial charge in [0.15, 0.2) is 0 Å². The van der Waals surface area contributed by atoms with Crippen molar-refractivity contribution in [3.8, 4) is 0 Å². The Morgan fingerprint density at radius 3 is 2.46 bits per heavy atom. The number of nitrogens with zero attached hydrogens (tertiary/aromatic N) is 1. The minimum Gasteiger partial charge on any atom is -0.340 e. The first-order valence-corrected chi connectivity index (χ1v) is 7.63. The number of nitrogens with one attached hydrogen (secondary N) is 2. The maximum absolute atomic E-state index is 13.0. The lowest BCUT2D eigenvalue weighted by atomic mass is 9.85. The largest absolute Gasteiger partial charge is 0.418 e. The molecule has 0 spiro atoms. The van der Waals surface area contributed by atoms with E-state index in [1.165, 1.54) is 30.5 Å². The zero-order chi connectivity index (χ0) is 17.2. The van der Waals surface area contributed by atoms with E-state index in [1.54, 1.807) is 6.07 Å². The lowest BCUT2D eigenvalue weighted by Crippen LogP contribution is -2.28. The number of alkyl halides is 3. The molecule has 1 aliphatic carbocycles. The van der Waals surface area contributed by atoms with E-state index in [9.17, 15) is 18.0 Å². The zero-order valence-electron chi connectivity index (χ0n) is 12.7. The number of amides is 1. The number of para-hydroxylation sites is 1. The molecule has 1 aromatic heterocycles. The summed E-state index contributed by atoms with van der Waals surface area (Å²) in [5.74, 6) is 0.293. The van der Waals surface area contributed by atoms with Crippen molar-refractivity contribution >= 4 is 23.1 Å². The molecule has 0 aliphatic heterocycles. The summed E-state index contributed by atoms with van der Waals surface area (Å²) < 4.78 is 38.9. The Bertz CT molecular complexity index is 725. The molecule has 1 saturated carbocycles. The molecule has 4 nitrogen and oxygen atoms in total. The number of hydrogen-bond donors (Lipinski definition) is 2. The highest BCUT2D eigenvalue weighted by Crippen LogP contribution is 2.35. The third kappa shape index (κ3) is 3.67. The molecule has 7 heteroatoms. The Balaban J connectivity index is 1.69. The summed E-state index contributed by atoms with van der Waals surface area (Å²) in [6.45, 7) is 0. The molecule has 0 radical (unpaired) electrons. The standard InChI is InChI=1S/C17H16F3N3O/c18-17(19,20)13-6-1-2-7-14(13)23-15-9-8-12(10-21-15)22-16(24)11-4-3-5-11/h1-2,6-11H,3-5H2,(H,21,23)(H,22,24). The van der Waals surface area contributed by atoms with Crippen LogP contribution in [0.5, 0.6) is 0 Å². The van der Waals surface area contributed by atoms with E-state index in [0.717, 1.165) is 25.3 Å². The second-order valence-electron chi connectivity index (χ2n) is 5.72. The summed E-state index contributed by atoms with van der Waals surface area (Å²) in [6.07, 6.45) is -0.159. The topological polar surface area (TPSA) is 54.0 Å². The highest BCUT2D eigenvalue weighted by Gasteiger charge is 2.33. The van der Waals surface area contributed by atoms with E-state index >= 15 is 0 Å². The number of rotatable bonds is 4. The highest BCUT2D eigenvalue weighted by atomic mass is 19.4. The molecule has 0 saturated heterocycles. The van der Waals surface area contributed by atoms with E-state index < -0.39 is 11.7 Å². The first-order valence-electron chi connectivity index (χ1n) is 7.63. The lowest BCUT2D eigenvalue weighted by Gasteiger charge is -2.23. The van der Waals surface area contributed by atoms with Gasteiger partial charge in [0, 0.05) is 5.92 Å². The smallest absolute Gasteiger partial charge is 0.340 e. The van der Waals surface area contributed by atoms with Crippen molar-refractivity contribution in [1.82, 2.24) is 4.98 Å². The van der Waals surface area contributed by atoms with E-state index in [1.807, 2.05) is 0 Å². The van der Waals surface area contributed by atoms with Gasteiger partial charge in [0.1, 0.15) is 5.82 Å². The van der Waals surface area contributed by atoms with Crippen LogP contribution in [-0.4, -0.2) is 10.9 Å². The number of anilines is 3. The number of halogens is 3. The van der Waals surface area contributed by atoms with Gasteiger partial charge in [0.2, 0.25) is 5.91 Å². The first-order chi connectivity index (χ1) is 11.4. The molecule has 1 aromatic carbocycles. The average molecular weight is 335 g/mol. The quantitative estimate of drug-likeness (QED) is 0.860. The molecule has 2 N–H and O–H groups in total. The summed E-state index contributed by atoms with van der Waals surface area (Å²) in [6, 6.07) is 8.35. The molecule has 0 bridgehead atoms. The van der Waals surface area contributed by atoms with Gasteiger partial charge in [0.05, 0.1) is 23.1 Å². The van der Waals surface area contributed by atoms with Gasteiger partial charge in [0.25, 0.3) is 0 Å². The molecule has 0 unspecified atom stereocenters. The van der Waals surface area contributed by atoms with Crippen molar-refractivity contribution in [2.45, 2.75) is 25.4 Å². The van der Waals surface area contributed by atoms with Gasteiger partial charge in [-0.3, -0.25) is 4.79 Å². The molecular formula is C17H16F3N3O. The van der Waals surface area contributed by atoms with Gasteiger partial charge in [-0.1, -0.05) is 18.6 Å². The van der Waals surface area contributed by atoms with E-state index in [2.05, 4.69) is 15.6 Å². The van der Waals surface area contributed by atoms with Crippen LogP contribution in [-0.2, 0) is 11.0 Å². The Hall–Kier alpha value is -2.57. The summed E-state index contributed by atoms with van der Waals surface area (Å²) in [5, 5.41) is 5.42. The van der Waals surface area contributed by atoms with E-state index in [4.69, 9.17) is 0 Å². The monoisotopic (exact) mass is 335 g/mol. The van der Waals surface area contributed by atoms with Crippen molar-refractivity contribution in [3.63, 3.8) is 0 Å². The van der Waals surface area contributed by atoms with Crippen molar-refractivity contribution in [2.75, 3.05) is 10.6 Å². The number of benzene rings is 1. The molecule has 1 amide bonds. The Morgan fingerprint density at radius 2 is 1.88 bits per heavy atom. The minimum absolute atomic E-state index is 0.0359. The Kier molecular flexibility index (Phi) is 4.42. The third-order valence-corrected chi connectivity index (χ3v) is 4.00. The molecule has 1 fully saturated rings. The SMILES string of the molecule is O=C(Nc1ccc(Nc2ccccc2C(F)(F)F)nc1)C1CCC1. The normalized spacial score (nSPS) is 14.8. The summed E-state index contributed by atoms with van der Waals surface area (Å²) >= 11 is 0. The van der Waals surface area contributed by atoms with Gasteiger partial charge >= 0.3 is 6.18 Å². The molecule has 126 valence electrons. The van der Waals surface area contributed by atoms with Gasteiger partial charge in [-0.2, -0.15) is 13.2 Å². The number of hydrogen-bond acceptors (Lipinski definition) is 3. The number of carbonyl (C=O) groups is 1. The fourth-order valence-corrected chi connectivity index (χ4v) is 2.43. The average Bonchev–Trinajstić information content (AvgIpc) is 2.47. The molecule has 2 aromatic rings. The maximum atomic E-state index is 13.0. The van der Waals surface area contributed by atoms with Crippen LogP contribution in [0.25, 0.3) is 0 Å². The fraction of sp³-hybridized carbons (Fsp3) is 0.294. The van der Waals surface area contributed by atoms with Crippen LogP contribution in [0.2, 0.25) is 0 Å². The number of aromatic nitrogens is 1. The van der Waals surface area contributed by atoms with Gasteiger partial charge in [-0.25, -0.2) is 4.98 Å². The van der Waals surface area contributed by atoms with Crippen molar-refractivity contribution in [2.24, 2.45) is 5.92 Å². The van der Waals surface area contributed by atoms with Crippen molar-refractivity contribution in [1.29, 1.82) is 0 Å². The van der Waals surface area contributed by atoms with Gasteiger partial charge in [-0.15, -0.1) is 0 Å². The van der Waals surface area contributed by atoms with Crippen LogP contribution in [0.15, 0.2) is 42.6 Å². The third-order valence-electron chi connectivity index (χ3n) is 4.00. The molecular weight excluding hydrogens is 319 g/mol. The number of carbonyl (C=O) groups excluding carboxylic acids is 1. The van der Waals surface area contributed by atoms with Crippen LogP contribution < -0.4 is 10.6 Å². The number of pyridine rings is 1. The second-order valence-corrected chi connectivity index (χ2v) is 5.72. The predicted molar refractivity (Wildman–Crippen MR) is 84.9 cm³/mol. The second kappa shape index (κ2) is 6.51. The molecule has 0 atom stereocenters. The van der Waals surface area contributed by atoms with Crippen LogP contribution >= 0.6 is 0 Å². The highest BCUT2D eigenvalue weighted by molar-refractivity contribution is 5.92. The maximum Gasteiger partial charge on any atom is 0.418 e. The van der Waals surface area contributed by atoms with Crippen LogP contribution in [0, 0.1) is 5.92 Å². The first kappa shape index (κ1) is 16.3. The van der Waals surface area contributed by atoms with Crippen LogP contribution in [0.3, 0.4) is 0 Å². The minimum atomic E-state index is -4.44. The molecule has 3 rings (SSSR count). The molecule has 24 heavy (non-hydrogen) atoms. The van der Waals surface area contributed by atoms with E-state index in [-0.39, 0.29) is 23.3 Å².